The largest absolute Gasteiger partial charge is 0.419 e. The zero-order chi connectivity index (χ0) is 14.6. The van der Waals surface area contributed by atoms with Crippen LogP contribution in [0.15, 0.2) is 18.2 Å². The van der Waals surface area contributed by atoms with Crippen LogP contribution in [0.4, 0.5) is 17.6 Å². The van der Waals surface area contributed by atoms with Gasteiger partial charge in [-0.3, -0.25) is 9.00 Å². The molecular weight excluding hydrogens is 286 g/mol. The van der Waals surface area contributed by atoms with Crippen molar-refractivity contribution in [2.75, 3.05) is 18.6 Å². The number of hydrogen-bond acceptors (Lipinski definition) is 2. The quantitative estimate of drug-likeness (QED) is 0.864. The summed E-state index contributed by atoms with van der Waals surface area (Å²) in [6.07, 6.45) is -3.42. The number of carbonyl (C=O) groups excluding carboxylic acids is 1. The summed E-state index contributed by atoms with van der Waals surface area (Å²) < 4.78 is 61.1. The molecule has 0 saturated heterocycles. The van der Waals surface area contributed by atoms with Crippen LogP contribution < -0.4 is 5.32 Å². The van der Waals surface area contributed by atoms with Gasteiger partial charge in [-0.1, -0.05) is 0 Å². The van der Waals surface area contributed by atoms with Crippen LogP contribution in [0, 0.1) is 5.82 Å². The van der Waals surface area contributed by atoms with Crippen molar-refractivity contribution in [2.24, 2.45) is 0 Å². The normalized spacial score (nSPS) is 13.1. The maximum absolute atomic E-state index is 13.0. The number of rotatable bonds is 4. The Labute approximate surface area is 109 Å². The van der Waals surface area contributed by atoms with Crippen LogP contribution in [0.3, 0.4) is 0 Å². The Kier molecular flexibility index (Phi) is 5.04. The van der Waals surface area contributed by atoms with Crippen molar-refractivity contribution >= 4 is 16.7 Å². The fourth-order valence-corrected chi connectivity index (χ4v) is 1.68. The van der Waals surface area contributed by atoms with E-state index in [-0.39, 0.29) is 17.9 Å². The fraction of sp³-hybridized carbons (Fsp3) is 0.364. The third-order valence-corrected chi connectivity index (χ3v) is 2.99. The standard InChI is InChI=1S/C11H11F4NO2S/c1-19(18)5-4-16-10(17)7-2-3-9(12)8(6-7)11(13,14)15/h2-3,6H,4-5H2,1H3,(H,16,17). The molecule has 1 atom stereocenters. The molecule has 0 aliphatic carbocycles. The Bertz CT molecular complexity index is 502. The Morgan fingerprint density at radius 3 is 2.53 bits per heavy atom. The lowest BCUT2D eigenvalue weighted by molar-refractivity contribution is -0.140. The van der Waals surface area contributed by atoms with Crippen LogP contribution in [0.2, 0.25) is 0 Å². The molecule has 19 heavy (non-hydrogen) atoms. The number of benzene rings is 1. The van der Waals surface area contributed by atoms with Gasteiger partial charge in [0.1, 0.15) is 5.82 Å². The summed E-state index contributed by atoms with van der Waals surface area (Å²) in [6, 6.07) is 2.01. The SMILES string of the molecule is CS(=O)CCNC(=O)c1ccc(F)c(C(F)(F)F)c1. The van der Waals surface area contributed by atoms with E-state index in [1.54, 1.807) is 0 Å². The van der Waals surface area contributed by atoms with Crippen LogP contribution in [0.25, 0.3) is 0 Å². The Balaban J connectivity index is 2.84. The van der Waals surface area contributed by atoms with E-state index >= 15 is 0 Å². The summed E-state index contributed by atoms with van der Waals surface area (Å²) >= 11 is 0. The summed E-state index contributed by atoms with van der Waals surface area (Å²) in [5.41, 5.74) is -1.78. The van der Waals surface area contributed by atoms with Gasteiger partial charge in [0.15, 0.2) is 0 Å². The van der Waals surface area contributed by atoms with E-state index in [0.29, 0.717) is 12.1 Å². The molecule has 0 fully saturated rings. The highest BCUT2D eigenvalue weighted by Crippen LogP contribution is 2.31. The van der Waals surface area contributed by atoms with E-state index in [4.69, 9.17) is 0 Å². The van der Waals surface area contributed by atoms with Gasteiger partial charge in [0.05, 0.1) is 5.56 Å². The Hall–Kier alpha value is -1.44. The van der Waals surface area contributed by atoms with E-state index < -0.39 is 34.3 Å². The first kappa shape index (κ1) is 15.6. The molecule has 0 aliphatic heterocycles. The molecule has 0 spiro atoms. The third kappa shape index (κ3) is 4.62. The second-order valence-corrected chi connectivity index (χ2v) is 5.28. The van der Waals surface area contributed by atoms with Crippen LogP contribution in [-0.2, 0) is 17.0 Å². The highest BCUT2D eigenvalue weighted by Gasteiger charge is 2.34. The van der Waals surface area contributed by atoms with Crippen molar-refractivity contribution in [2.45, 2.75) is 6.18 Å². The van der Waals surface area contributed by atoms with Crippen molar-refractivity contribution in [1.82, 2.24) is 5.32 Å². The average molecular weight is 297 g/mol. The number of hydrogen-bond donors (Lipinski definition) is 1. The molecule has 0 saturated carbocycles. The molecule has 106 valence electrons. The molecule has 1 rings (SSSR count). The van der Waals surface area contributed by atoms with Gasteiger partial charge in [-0.25, -0.2) is 4.39 Å². The van der Waals surface area contributed by atoms with Crippen molar-refractivity contribution in [3.05, 3.63) is 35.1 Å². The van der Waals surface area contributed by atoms with E-state index in [9.17, 15) is 26.6 Å². The Morgan fingerprint density at radius 1 is 1.37 bits per heavy atom. The number of amides is 1. The molecule has 0 heterocycles. The summed E-state index contributed by atoms with van der Waals surface area (Å²) in [4.78, 5) is 11.5. The molecule has 1 aromatic carbocycles. The summed E-state index contributed by atoms with van der Waals surface area (Å²) in [5, 5.41) is 2.31. The highest BCUT2D eigenvalue weighted by atomic mass is 32.2. The summed E-state index contributed by atoms with van der Waals surface area (Å²) in [6.45, 7) is 0.0701. The van der Waals surface area contributed by atoms with Crippen molar-refractivity contribution in [3.8, 4) is 0 Å². The van der Waals surface area contributed by atoms with Crippen molar-refractivity contribution in [1.29, 1.82) is 0 Å². The fourth-order valence-electron chi connectivity index (χ4n) is 1.29. The Morgan fingerprint density at radius 2 is 2.00 bits per heavy atom. The van der Waals surface area contributed by atoms with Gasteiger partial charge in [0.25, 0.3) is 5.91 Å². The van der Waals surface area contributed by atoms with E-state index in [1.807, 2.05) is 0 Å². The molecule has 1 unspecified atom stereocenters. The van der Waals surface area contributed by atoms with Crippen molar-refractivity contribution < 1.29 is 26.6 Å². The molecule has 1 N–H and O–H groups in total. The van der Waals surface area contributed by atoms with Crippen LogP contribution in [0.5, 0.6) is 0 Å². The maximum atomic E-state index is 13.0. The topological polar surface area (TPSA) is 46.2 Å². The predicted octanol–water partition coefficient (Wildman–Crippen LogP) is 1.95. The lowest BCUT2D eigenvalue weighted by Crippen LogP contribution is -2.28. The molecular formula is C11H11F4NO2S. The van der Waals surface area contributed by atoms with Crippen LogP contribution in [-0.4, -0.2) is 28.7 Å². The van der Waals surface area contributed by atoms with E-state index in [1.165, 1.54) is 6.26 Å². The van der Waals surface area contributed by atoms with E-state index in [0.717, 1.165) is 6.07 Å². The van der Waals surface area contributed by atoms with Gasteiger partial charge in [-0.05, 0) is 18.2 Å². The smallest absolute Gasteiger partial charge is 0.351 e. The zero-order valence-corrected chi connectivity index (χ0v) is 10.7. The summed E-state index contributed by atoms with van der Waals surface area (Å²) in [7, 11) is -1.12. The monoisotopic (exact) mass is 297 g/mol. The van der Waals surface area contributed by atoms with E-state index in [2.05, 4.69) is 5.32 Å². The average Bonchev–Trinajstić information content (AvgIpc) is 2.27. The number of halogens is 4. The first-order valence-corrected chi connectivity index (χ1v) is 6.89. The number of nitrogens with one attached hydrogen (secondary N) is 1. The third-order valence-electron chi connectivity index (χ3n) is 2.21. The zero-order valence-electron chi connectivity index (χ0n) is 9.88. The molecule has 3 nitrogen and oxygen atoms in total. The molecule has 8 heteroatoms. The minimum Gasteiger partial charge on any atom is -0.351 e. The summed E-state index contributed by atoms with van der Waals surface area (Å²) in [5.74, 6) is -2.01. The predicted molar refractivity (Wildman–Crippen MR) is 62.7 cm³/mol. The molecule has 0 radical (unpaired) electrons. The van der Waals surface area contributed by atoms with Crippen LogP contribution >= 0.6 is 0 Å². The highest BCUT2D eigenvalue weighted by molar-refractivity contribution is 7.84. The molecule has 0 aromatic heterocycles. The second kappa shape index (κ2) is 6.14. The number of alkyl halides is 3. The van der Waals surface area contributed by atoms with Gasteiger partial charge in [0.2, 0.25) is 0 Å². The van der Waals surface area contributed by atoms with Crippen LogP contribution in [0.1, 0.15) is 15.9 Å². The van der Waals surface area contributed by atoms with Gasteiger partial charge < -0.3 is 5.32 Å². The lowest BCUT2D eigenvalue weighted by Gasteiger charge is -2.10. The van der Waals surface area contributed by atoms with Gasteiger partial charge >= 0.3 is 6.18 Å². The first-order chi connectivity index (χ1) is 8.71. The molecule has 1 amide bonds. The minimum absolute atomic E-state index is 0.0701. The van der Waals surface area contributed by atoms with Gasteiger partial charge in [0, 0.05) is 34.9 Å². The van der Waals surface area contributed by atoms with Crippen molar-refractivity contribution in [3.63, 3.8) is 0 Å². The van der Waals surface area contributed by atoms with Gasteiger partial charge in [-0.15, -0.1) is 0 Å². The minimum atomic E-state index is -4.86. The molecule has 0 bridgehead atoms. The second-order valence-electron chi connectivity index (χ2n) is 3.73. The molecule has 1 aromatic rings. The maximum Gasteiger partial charge on any atom is 0.419 e. The van der Waals surface area contributed by atoms with Gasteiger partial charge in [-0.2, -0.15) is 13.2 Å². The first-order valence-electron chi connectivity index (χ1n) is 5.17. The number of carbonyl (C=O) groups is 1. The molecule has 0 aliphatic rings. The lowest BCUT2D eigenvalue weighted by atomic mass is 10.1.